The summed E-state index contributed by atoms with van der Waals surface area (Å²) in [5.74, 6) is 0.889. The highest BCUT2D eigenvalue weighted by molar-refractivity contribution is 5.82. The number of carbonyl (C=O) groups excluding carboxylic acids is 1. The monoisotopic (exact) mass is 606 g/mol. The van der Waals surface area contributed by atoms with Crippen molar-refractivity contribution in [3.8, 4) is 11.5 Å². The van der Waals surface area contributed by atoms with Gasteiger partial charge < -0.3 is 19.5 Å². The van der Waals surface area contributed by atoms with E-state index in [0.29, 0.717) is 29.3 Å². The number of benzene rings is 1. The summed E-state index contributed by atoms with van der Waals surface area (Å²) in [7, 11) is 0. The van der Waals surface area contributed by atoms with Crippen molar-refractivity contribution < 1.29 is 22.7 Å². The van der Waals surface area contributed by atoms with Crippen molar-refractivity contribution in [2.24, 2.45) is 0 Å². The number of rotatable bonds is 7. The second-order valence-electron chi connectivity index (χ2n) is 11.8. The number of amides is 1. The first-order valence-electron chi connectivity index (χ1n) is 15.1. The fraction of sp³-hybridized carbons (Fsp3) is 0.424. The lowest BCUT2D eigenvalue weighted by Crippen LogP contribution is -2.45. The van der Waals surface area contributed by atoms with E-state index in [1.165, 1.54) is 0 Å². The van der Waals surface area contributed by atoms with Crippen LogP contribution in [0.15, 0.2) is 55.0 Å². The predicted octanol–water partition coefficient (Wildman–Crippen LogP) is 5.98. The largest absolute Gasteiger partial charge is 0.455 e. The molecule has 2 atom stereocenters. The number of nitrogens with one attached hydrogen (secondary N) is 1. The van der Waals surface area contributed by atoms with Gasteiger partial charge in [-0.1, -0.05) is 26.0 Å². The van der Waals surface area contributed by atoms with Crippen LogP contribution in [0.25, 0.3) is 11.0 Å². The number of H-pyrrole nitrogens is 1. The van der Waals surface area contributed by atoms with Crippen LogP contribution in [0.2, 0.25) is 0 Å². The number of halogens is 3. The molecule has 3 aromatic heterocycles. The number of pyridine rings is 2. The molecule has 2 unspecified atom stereocenters. The molecule has 232 valence electrons. The molecule has 1 aromatic carbocycles. The first-order valence-corrected chi connectivity index (χ1v) is 15.1. The maximum atomic E-state index is 14.2. The predicted molar refractivity (Wildman–Crippen MR) is 161 cm³/mol. The SMILES string of the molecule is CCN1CCN(Cc2ccc(CC(=O)N3Cc4cc(Oc5ccnc6[nH]ccc56)cnc4C(C)C3C)cc2C(F)(F)F)CC1. The summed E-state index contributed by atoms with van der Waals surface area (Å²) in [6, 6.07) is 9.76. The molecule has 4 aromatic rings. The maximum absolute atomic E-state index is 14.2. The van der Waals surface area contributed by atoms with Gasteiger partial charge in [-0.2, -0.15) is 13.2 Å². The summed E-state index contributed by atoms with van der Waals surface area (Å²) in [6.45, 7) is 10.7. The Kier molecular flexibility index (Phi) is 8.34. The highest BCUT2D eigenvalue weighted by Gasteiger charge is 2.36. The molecule has 0 spiro atoms. The summed E-state index contributed by atoms with van der Waals surface area (Å²) in [4.78, 5) is 31.8. The molecule has 1 saturated heterocycles. The van der Waals surface area contributed by atoms with Gasteiger partial charge in [0, 0.05) is 63.6 Å². The minimum Gasteiger partial charge on any atom is -0.455 e. The van der Waals surface area contributed by atoms with Crippen LogP contribution in [0.1, 0.15) is 54.6 Å². The Balaban J connectivity index is 1.18. The Morgan fingerprint density at radius 1 is 1.05 bits per heavy atom. The normalized spacial score (nSPS) is 19.7. The Hall–Kier alpha value is -3.96. The van der Waals surface area contributed by atoms with Gasteiger partial charge in [0.2, 0.25) is 5.91 Å². The molecule has 0 radical (unpaired) electrons. The van der Waals surface area contributed by atoms with Crippen molar-refractivity contribution >= 4 is 16.9 Å². The number of ether oxygens (including phenoxy) is 1. The summed E-state index contributed by atoms with van der Waals surface area (Å²) in [5, 5.41) is 0.840. The quantitative estimate of drug-likeness (QED) is 0.279. The van der Waals surface area contributed by atoms with Crippen LogP contribution in [0.4, 0.5) is 13.2 Å². The number of piperazine rings is 1. The molecule has 1 N–H and O–H groups in total. The third kappa shape index (κ3) is 6.16. The van der Waals surface area contributed by atoms with Crippen LogP contribution in [0, 0.1) is 0 Å². The van der Waals surface area contributed by atoms with Gasteiger partial charge >= 0.3 is 6.18 Å². The van der Waals surface area contributed by atoms with Gasteiger partial charge in [0.25, 0.3) is 0 Å². The molecule has 0 saturated carbocycles. The van der Waals surface area contributed by atoms with Gasteiger partial charge in [0.1, 0.15) is 17.1 Å². The zero-order valence-electron chi connectivity index (χ0n) is 25.2. The molecule has 2 aliphatic heterocycles. The lowest BCUT2D eigenvalue weighted by Gasteiger charge is -2.39. The van der Waals surface area contributed by atoms with E-state index in [0.717, 1.165) is 55.4 Å². The average molecular weight is 607 g/mol. The fourth-order valence-corrected chi connectivity index (χ4v) is 6.30. The minimum atomic E-state index is -4.51. The molecular weight excluding hydrogens is 569 g/mol. The third-order valence-corrected chi connectivity index (χ3v) is 9.07. The molecule has 8 nitrogen and oxygen atoms in total. The van der Waals surface area contributed by atoms with Crippen LogP contribution in [0.3, 0.4) is 0 Å². The molecule has 6 rings (SSSR count). The first-order chi connectivity index (χ1) is 21.1. The van der Waals surface area contributed by atoms with Crippen molar-refractivity contribution in [3.63, 3.8) is 0 Å². The number of aromatic nitrogens is 3. The van der Waals surface area contributed by atoms with E-state index < -0.39 is 11.7 Å². The lowest BCUT2D eigenvalue weighted by molar-refractivity contribution is -0.139. The minimum absolute atomic E-state index is 0.0599. The van der Waals surface area contributed by atoms with Crippen molar-refractivity contribution in [3.05, 3.63) is 82.9 Å². The molecule has 0 bridgehead atoms. The van der Waals surface area contributed by atoms with E-state index in [2.05, 4.69) is 31.7 Å². The Morgan fingerprint density at radius 2 is 1.82 bits per heavy atom. The number of fused-ring (bicyclic) bond motifs is 2. The number of likely N-dealkylation sites (N-methyl/N-ethyl adjacent to an activating group) is 1. The topological polar surface area (TPSA) is 77.6 Å². The number of hydrogen-bond acceptors (Lipinski definition) is 6. The van der Waals surface area contributed by atoms with Gasteiger partial charge in [-0.05, 0) is 54.4 Å². The van der Waals surface area contributed by atoms with E-state index in [1.54, 1.807) is 41.7 Å². The smallest absolute Gasteiger partial charge is 0.416 e. The molecular formula is C33H37F3N6O2. The molecule has 0 aliphatic carbocycles. The zero-order valence-corrected chi connectivity index (χ0v) is 25.2. The molecule has 44 heavy (non-hydrogen) atoms. The summed E-state index contributed by atoms with van der Waals surface area (Å²) >= 11 is 0. The lowest BCUT2D eigenvalue weighted by atomic mass is 9.89. The van der Waals surface area contributed by atoms with E-state index >= 15 is 0 Å². The van der Waals surface area contributed by atoms with Crippen LogP contribution in [-0.4, -0.2) is 74.3 Å². The van der Waals surface area contributed by atoms with Crippen LogP contribution in [-0.2, 0) is 30.5 Å². The van der Waals surface area contributed by atoms with E-state index in [1.807, 2.05) is 26.0 Å². The van der Waals surface area contributed by atoms with Crippen LogP contribution < -0.4 is 4.74 Å². The van der Waals surface area contributed by atoms with Gasteiger partial charge in [0.05, 0.1) is 29.3 Å². The van der Waals surface area contributed by atoms with Crippen molar-refractivity contribution in [1.82, 2.24) is 29.7 Å². The number of aromatic amines is 1. The third-order valence-electron chi connectivity index (χ3n) is 9.07. The Bertz CT molecular complexity index is 1650. The molecule has 1 amide bonds. The van der Waals surface area contributed by atoms with Gasteiger partial charge in [-0.15, -0.1) is 0 Å². The van der Waals surface area contributed by atoms with Crippen LogP contribution in [0.5, 0.6) is 11.5 Å². The van der Waals surface area contributed by atoms with E-state index in [9.17, 15) is 18.0 Å². The number of carbonyl (C=O) groups is 1. The molecule has 2 aliphatic rings. The molecule has 5 heterocycles. The first kappa shape index (κ1) is 30.1. The van der Waals surface area contributed by atoms with Gasteiger partial charge in [-0.3, -0.25) is 14.7 Å². The van der Waals surface area contributed by atoms with E-state index in [4.69, 9.17) is 4.74 Å². The highest BCUT2D eigenvalue weighted by Crippen LogP contribution is 2.37. The standard InChI is InChI=1S/C33H37F3N6O2/c1-4-40-11-13-41(14-12-40)19-24-6-5-23(15-28(24)33(34,35)36)16-30(43)42-20-25-17-26(18-39-31(25)21(2)22(42)3)44-29-8-10-38-32-27(29)7-9-37-32/h5-10,15,17-18,21-22H,4,11-14,16,19-20H2,1-3H3,(H,37,38). The fourth-order valence-electron chi connectivity index (χ4n) is 6.30. The molecule has 11 heteroatoms. The summed E-state index contributed by atoms with van der Waals surface area (Å²) < 4.78 is 48.7. The number of alkyl halides is 3. The number of hydrogen-bond donors (Lipinski definition) is 1. The molecule has 1 fully saturated rings. The van der Waals surface area contributed by atoms with E-state index in [-0.39, 0.29) is 36.4 Å². The zero-order chi connectivity index (χ0) is 31.0. The van der Waals surface area contributed by atoms with Gasteiger partial charge in [0.15, 0.2) is 0 Å². The second-order valence-corrected chi connectivity index (χ2v) is 11.8. The Morgan fingerprint density at radius 3 is 2.57 bits per heavy atom. The van der Waals surface area contributed by atoms with Crippen LogP contribution >= 0.6 is 0 Å². The van der Waals surface area contributed by atoms with Gasteiger partial charge in [-0.25, -0.2) is 4.98 Å². The second kappa shape index (κ2) is 12.2. The van der Waals surface area contributed by atoms with Crippen molar-refractivity contribution in [2.75, 3.05) is 32.7 Å². The Labute approximate surface area is 254 Å². The van der Waals surface area contributed by atoms with Crippen molar-refractivity contribution in [1.29, 1.82) is 0 Å². The highest BCUT2D eigenvalue weighted by atomic mass is 19.4. The average Bonchev–Trinajstić information content (AvgIpc) is 3.50. The summed E-state index contributed by atoms with van der Waals surface area (Å²) in [5.41, 5.74) is 2.40. The summed E-state index contributed by atoms with van der Waals surface area (Å²) in [6.07, 6.45) is 0.518. The maximum Gasteiger partial charge on any atom is 0.416 e. The van der Waals surface area contributed by atoms with Crippen molar-refractivity contribution in [2.45, 2.75) is 58.4 Å². The number of nitrogens with zero attached hydrogens (tertiary/aromatic N) is 5.